The Morgan fingerprint density at radius 3 is 2.46 bits per heavy atom. The molecule has 1 aromatic rings. The second kappa shape index (κ2) is 5.65. The Kier molecular flexibility index (Phi) is 4.40. The van der Waals surface area contributed by atoms with E-state index < -0.39 is 6.43 Å². The topological polar surface area (TPSA) is 12.0 Å². The van der Waals surface area contributed by atoms with Crippen molar-refractivity contribution < 1.29 is 8.78 Å². The van der Waals surface area contributed by atoms with Crippen molar-refractivity contribution in [3.8, 4) is 0 Å². The van der Waals surface area contributed by atoms with Crippen molar-refractivity contribution in [1.82, 2.24) is 5.32 Å². The van der Waals surface area contributed by atoms with Crippen LogP contribution in [-0.4, -0.2) is 13.0 Å². The second-order valence-electron chi connectivity index (χ2n) is 2.84. The molecule has 1 rings (SSSR count). The van der Waals surface area contributed by atoms with Crippen LogP contribution in [-0.2, 0) is 6.54 Å². The normalized spacial score (nSPS) is 10.7. The van der Waals surface area contributed by atoms with Gasteiger partial charge in [-0.25, -0.2) is 8.78 Å². The largest absolute Gasteiger partial charge is 0.312 e. The minimum atomic E-state index is -2.21. The SMILES string of the molecule is FC(F)CCNCc1ccccc1. The summed E-state index contributed by atoms with van der Waals surface area (Å²) in [6.45, 7) is 1.03. The summed E-state index contributed by atoms with van der Waals surface area (Å²) >= 11 is 0. The highest BCUT2D eigenvalue weighted by molar-refractivity contribution is 5.14. The Morgan fingerprint density at radius 2 is 1.85 bits per heavy atom. The van der Waals surface area contributed by atoms with Crippen molar-refractivity contribution in [2.45, 2.75) is 19.4 Å². The lowest BCUT2D eigenvalue weighted by Crippen LogP contribution is -2.16. The van der Waals surface area contributed by atoms with E-state index in [0.29, 0.717) is 13.1 Å². The first-order valence-electron chi connectivity index (χ1n) is 4.32. The van der Waals surface area contributed by atoms with Gasteiger partial charge in [-0.1, -0.05) is 30.3 Å². The third-order valence-electron chi connectivity index (χ3n) is 1.71. The molecule has 1 nitrogen and oxygen atoms in total. The van der Waals surface area contributed by atoms with Crippen LogP contribution in [0.25, 0.3) is 0 Å². The summed E-state index contributed by atoms with van der Waals surface area (Å²) in [6.07, 6.45) is -2.28. The summed E-state index contributed by atoms with van der Waals surface area (Å²) in [4.78, 5) is 0. The first-order chi connectivity index (χ1) is 6.29. The van der Waals surface area contributed by atoms with Gasteiger partial charge >= 0.3 is 0 Å². The zero-order valence-electron chi connectivity index (χ0n) is 7.34. The Bertz CT molecular complexity index is 224. The quantitative estimate of drug-likeness (QED) is 0.695. The van der Waals surface area contributed by atoms with Gasteiger partial charge in [-0.3, -0.25) is 0 Å². The number of benzene rings is 1. The maximum atomic E-state index is 11.7. The maximum absolute atomic E-state index is 11.7. The Balaban J connectivity index is 2.13. The molecule has 0 atom stereocenters. The number of rotatable bonds is 5. The van der Waals surface area contributed by atoms with Crippen LogP contribution in [0.3, 0.4) is 0 Å². The van der Waals surface area contributed by atoms with E-state index in [1.807, 2.05) is 30.3 Å². The average molecular weight is 185 g/mol. The van der Waals surface area contributed by atoms with Gasteiger partial charge in [0.15, 0.2) is 0 Å². The highest BCUT2D eigenvalue weighted by Gasteiger charge is 2.00. The average Bonchev–Trinajstić information content (AvgIpc) is 2.14. The second-order valence-corrected chi connectivity index (χ2v) is 2.84. The van der Waals surface area contributed by atoms with Crippen LogP contribution in [0, 0.1) is 0 Å². The van der Waals surface area contributed by atoms with E-state index in [1.54, 1.807) is 0 Å². The molecule has 0 heterocycles. The van der Waals surface area contributed by atoms with Gasteiger partial charge in [-0.05, 0) is 5.56 Å². The van der Waals surface area contributed by atoms with Crippen LogP contribution in [0.2, 0.25) is 0 Å². The number of hydrogen-bond acceptors (Lipinski definition) is 1. The molecule has 0 aromatic heterocycles. The van der Waals surface area contributed by atoms with Crippen molar-refractivity contribution in [3.05, 3.63) is 35.9 Å². The summed E-state index contributed by atoms with van der Waals surface area (Å²) < 4.78 is 23.4. The predicted octanol–water partition coefficient (Wildman–Crippen LogP) is 2.43. The molecule has 0 spiro atoms. The molecule has 0 aliphatic heterocycles. The first kappa shape index (κ1) is 10.1. The molecule has 72 valence electrons. The highest BCUT2D eigenvalue weighted by atomic mass is 19.3. The lowest BCUT2D eigenvalue weighted by molar-refractivity contribution is 0.137. The van der Waals surface area contributed by atoms with Crippen molar-refractivity contribution >= 4 is 0 Å². The van der Waals surface area contributed by atoms with Gasteiger partial charge < -0.3 is 5.32 Å². The van der Waals surface area contributed by atoms with Crippen LogP contribution in [0.5, 0.6) is 0 Å². The molecule has 0 saturated heterocycles. The number of halogens is 2. The summed E-state index contributed by atoms with van der Waals surface area (Å²) in [5.41, 5.74) is 1.12. The lowest BCUT2D eigenvalue weighted by atomic mass is 10.2. The maximum Gasteiger partial charge on any atom is 0.239 e. The molecule has 1 N–H and O–H groups in total. The molecule has 0 unspecified atom stereocenters. The van der Waals surface area contributed by atoms with Gasteiger partial charge in [0.25, 0.3) is 0 Å². The summed E-state index contributed by atoms with van der Waals surface area (Å²) in [5.74, 6) is 0. The van der Waals surface area contributed by atoms with E-state index in [4.69, 9.17) is 0 Å². The molecule has 13 heavy (non-hydrogen) atoms. The van der Waals surface area contributed by atoms with Crippen LogP contribution < -0.4 is 5.32 Å². The van der Waals surface area contributed by atoms with Crippen molar-refractivity contribution in [2.24, 2.45) is 0 Å². The monoisotopic (exact) mass is 185 g/mol. The molecule has 0 saturated carbocycles. The van der Waals surface area contributed by atoms with E-state index in [9.17, 15) is 8.78 Å². The molecule has 0 bridgehead atoms. The minimum Gasteiger partial charge on any atom is -0.312 e. The van der Waals surface area contributed by atoms with E-state index in [-0.39, 0.29) is 6.42 Å². The fraction of sp³-hybridized carbons (Fsp3) is 0.400. The summed E-state index contributed by atoms with van der Waals surface area (Å²) in [5, 5.41) is 2.95. The zero-order valence-corrected chi connectivity index (χ0v) is 7.34. The molecular formula is C10H13F2N. The van der Waals surface area contributed by atoms with Crippen LogP contribution in [0.15, 0.2) is 30.3 Å². The van der Waals surface area contributed by atoms with Crippen molar-refractivity contribution in [3.63, 3.8) is 0 Å². The van der Waals surface area contributed by atoms with Crippen molar-refractivity contribution in [2.75, 3.05) is 6.54 Å². The van der Waals surface area contributed by atoms with Gasteiger partial charge in [-0.15, -0.1) is 0 Å². The van der Waals surface area contributed by atoms with E-state index in [0.717, 1.165) is 5.56 Å². The molecule has 0 aliphatic rings. The number of hydrogen-bond donors (Lipinski definition) is 1. The molecule has 0 amide bonds. The zero-order chi connectivity index (χ0) is 9.52. The van der Waals surface area contributed by atoms with Crippen LogP contribution in [0.4, 0.5) is 8.78 Å². The summed E-state index contributed by atoms with van der Waals surface area (Å²) in [6, 6.07) is 9.74. The molecule has 0 aliphatic carbocycles. The predicted molar refractivity (Wildman–Crippen MR) is 48.8 cm³/mol. The smallest absolute Gasteiger partial charge is 0.239 e. The molecule has 3 heteroatoms. The molecular weight excluding hydrogens is 172 g/mol. The standard InChI is InChI=1S/C10H13F2N/c11-10(12)6-7-13-8-9-4-2-1-3-5-9/h1-5,10,13H,6-8H2. The van der Waals surface area contributed by atoms with E-state index >= 15 is 0 Å². The Labute approximate surface area is 76.8 Å². The fourth-order valence-electron chi connectivity index (χ4n) is 1.04. The van der Waals surface area contributed by atoms with Gasteiger partial charge in [-0.2, -0.15) is 0 Å². The number of alkyl halides is 2. The van der Waals surface area contributed by atoms with Crippen LogP contribution >= 0.6 is 0 Å². The van der Waals surface area contributed by atoms with Crippen LogP contribution in [0.1, 0.15) is 12.0 Å². The van der Waals surface area contributed by atoms with Gasteiger partial charge in [0, 0.05) is 19.5 Å². The highest BCUT2D eigenvalue weighted by Crippen LogP contribution is 1.99. The molecule has 0 radical (unpaired) electrons. The third kappa shape index (κ3) is 4.58. The fourth-order valence-corrected chi connectivity index (χ4v) is 1.04. The minimum absolute atomic E-state index is 0.0766. The van der Waals surface area contributed by atoms with Gasteiger partial charge in [0.05, 0.1) is 0 Å². The molecule has 0 fully saturated rings. The van der Waals surface area contributed by atoms with Gasteiger partial charge in [0.1, 0.15) is 0 Å². The van der Waals surface area contributed by atoms with Crippen molar-refractivity contribution in [1.29, 1.82) is 0 Å². The molecule has 1 aromatic carbocycles. The lowest BCUT2D eigenvalue weighted by Gasteiger charge is -2.03. The Hall–Kier alpha value is -0.960. The third-order valence-corrected chi connectivity index (χ3v) is 1.71. The van der Waals surface area contributed by atoms with Gasteiger partial charge in [0.2, 0.25) is 6.43 Å². The Morgan fingerprint density at radius 1 is 1.15 bits per heavy atom. The van der Waals surface area contributed by atoms with E-state index in [2.05, 4.69) is 5.32 Å². The first-order valence-corrected chi connectivity index (χ1v) is 4.32. The van der Waals surface area contributed by atoms with E-state index in [1.165, 1.54) is 0 Å². The number of nitrogens with one attached hydrogen (secondary N) is 1. The summed E-state index contributed by atoms with van der Waals surface area (Å²) in [7, 11) is 0.